The molecule has 2 N–H and O–H groups in total. The summed E-state index contributed by atoms with van der Waals surface area (Å²) in [6.07, 6.45) is 4.48. The first-order chi connectivity index (χ1) is 8.79. The van der Waals surface area contributed by atoms with E-state index in [-0.39, 0.29) is 6.04 Å². The van der Waals surface area contributed by atoms with E-state index in [1.165, 1.54) is 0 Å². The molecule has 3 nitrogen and oxygen atoms in total. The molecule has 1 heterocycles. The summed E-state index contributed by atoms with van der Waals surface area (Å²) in [5, 5.41) is 0. The third kappa shape index (κ3) is 3.37. The predicted octanol–water partition coefficient (Wildman–Crippen LogP) is 2.67. The van der Waals surface area contributed by atoms with Crippen LogP contribution in [-0.4, -0.2) is 9.97 Å². The Morgan fingerprint density at radius 1 is 1.11 bits per heavy atom. The van der Waals surface area contributed by atoms with Crippen LogP contribution in [-0.2, 0) is 12.8 Å². The van der Waals surface area contributed by atoms with Gasteiger partial charge in [-0.1, -0.05) is 43.7 Å². The van der Waals surface area contributed by atoms with Gasteiger partial charge in [-0.2, -0.15) is 0 Å². The third-order valence-corrected chi connectivity index (χ3v) is 2.94. The molecular formula is C15H19N3. The van der Waals surface area contributed by atoms with Crippen molar-refractivity contribution in [3.8, 4) is 0 Å². The van der Waals surface area contributed by atoms with Crippen molar-refractivity contribution in [2.45, 2.75) is 32.2 Å². The fourth-order valence-electron chi connectivity index (χ4n) is 1.99. The summed E-state index contributed by atoms with van der Waals surface area (Å²) in [6.45, 7) is 2.15. The van der Waals surface area contributed by atoms with Crippen LogP contribution in [0.25, 0.3) is 0 Å². The van der Waals surface area contributed by atoms with Gasteiger partial charge in [0.25, 0.3) is 0 Å². The van der Waals surface area contributed by atoms with Crippen LogP contribution >= 0.6 is 0 Å². The van der Waals surface area contributed by atoms with E-state index in [9.17, 15) is 0 Å². The van der Waals surface area contributed by atoms with Gasteiger partial charge in [0, 0.05) is 23.9 Å². The van der Waals surface area contributed by atoms with Crippen LogP contribution in [0.5, 0.6) is 0 Å². The molecule has 1 aromatic heterocycles. The molecule has 94 valence electrons. The number of rotatable bonds is 5. The molecular weight excluding hydrogens is 222 g/mol. The minimum absolute atomic E-state index is 0.00410. The predicted molar refractivity (Wildman–Crippen MR) is 73.1 cm³/mol. The smallest absolute Gasteiger partial charge is 0.115 e. The first-order valence-electron chi connectivity index (χ1n) is 6.40. The fourth-order valence-corrected chi connectivity index (χ4v) is 1.99. The van der Waals surface area contributed by atoms with E-state index in [0.29, 0.717) is 0 Å². The van der Waals surface area contributed by atoms with Crippen LogP contribution in [0.1, 0.15) is 36.3 Å². The number of hydrogen-bond donors (Lipinski definition) is 1. The Labute approximate surface area is 108 Å². The highest BCUT2D eigenvalue weighted by Gasteiger charge is 2.08. The number of aromatic nitrogens is 2. The second-order valence-electron chi connectivity index (χ2n) is 4.47. The van der Waals surface area contributed by atoms with Crippen molar-refractivity contribution < 1.29 is 0 Å². The number of nitrogens with zero attached hydrogens (tertiary/aromatic N) is 2. The molecule has 0 aliphatic carbocycles. The van der Waals surface area contributed by atoms with Crippen LogP contribution in [0.3, 0.4) is 0 Å². The largest absolute Gasteiger partial charge is 0.324 e. The molecule has 0 radical (unpaired) electrons. The topological polar surface area (TPSA) is 51.8 Å². The van der Waals surface area contributed by atoms with Gasteiger partial charge in [-0.15, -0.1) is 0 Å². The maximum absolute atomic E-state index is 6.19. The van der Waals surface area contributed by atoms with Crippen molar-refractivity contribution in [1.29, 1.82) is 0 Å². The number of nitrogens with two attached hydrogens (primary N) is 1. The van der Waals surface area contributed by atoms with Gasteiger partial charge in [-0.3, -0.25) is 0 Å². The van der Waals surface area contributed by atoms with Crippen molar-refractivity contribution in [2.75, 3.05) is 0 Å². The van der Waals surface area contributed by atoms with Gasteiger partial charge < -0.3 is 5.73 Å². The molecule has 0 aliphatic rings. The van der Waals surface area contributed by atoms with Crippen molar-refractivity contribution in [3.05, 3.63) is 59.7 Å². The van der Waals surface area contributed by atoms with Crippen LogP contribution in [0.2, 0.25) is 0 Å². The van der Waals surface area contributed by atoms with Crippen molar-refractivity contribution in [1.82, 2.24) is 9.97 Å². The minimum Gasteiger partial charge on any atom is -0.324 e. The van der Waals surface area contributed by atoms with E-state index in [0.717, 1.165) is 36.2 Å². The van der Waals surface area contributed by atoms with E-state index in [1.807, 2.05) is 18.2 Å². The normalized spacial score (nSPS) is 12.3. The van der Waals surface area contributed by atoms with Crippen LogP contribution in [0.15, 0.2) is 42.7 Å². The lowest BCUT2D eigenvalue weighted by Crippen LogP contribution is -2.14. The molecule has 1 unspecified atom stereocenters. The first-order valence-corrected chi connectivity index (χ1v) is 6.40. The average molecular weight is 241 g/mol. The Morgan fingerprint density at radius 3 is 2.56 bits per heavy atom. The van der Waals surface area contributed by atoms with E-state index in [1.54, 1.807) is 6.33 Å². The zero-order chi connectivity index (χ0) is 12.8. The monoisotopic (exact) mass is 241 g/mol. The Kier molecular flexibility index (Phi) is 4.42. The van der Waals surface area contributed by atoms with Crippen molar-refractivity contribution >= 4 is 0 Å². The van der Waals surface area contributed by atoms with Gasteiger partial charge in [0.15, 0.2) is 0 Å². The van der Waals surface area contributed by atoms with Crippen molar-refractivity contribution in [3.63, 3.8) is 0 Å². The van der Waals surface area contributed by atoms with E-state index >= 15 is 0 Å². The highest BCUT2D eigenvalue weighted by atomic mass is 14.8. The zero-order valence-corrected chi connectivity index (χ0v) is 10.7. The summed E-state index contributed by atoms with van der Waals surface area (Å²) >= 11 is 0. The van der Waals surface area contributed by atoms with Crippen LogP contribution in [0.4, 0.5) is 0 Å². The molecule has 3 heteroatoms. The lowest BCUT2D eigenvalue weighted by molar-refractivity contribution is 0.700. The van der Waals surface area contributed by atoms with Gasteiger partial charge in [0.2, 0.25) is 0 Å². The van der Waals surface area contributed by atoms with E-state index in [2.05, 4.69) is 35.1 Å². The Balaban J connectivity index is 2.07. The van der Waals surface area contributed by atoms with Crippen molar-refractivity contribution in [2.24, 2.45) is 5.73 Å². The number of hydrogen-bond acceptors (Lipinski definition) is 3. The molecule has 0 bridgehead atoms. The summed E-state index contributed by atoms with van der Waals surface area (Å²) in [7, 11) is 0. The Hall–Kier alpha value is -1.74. The highest BCUT2D eigenvalue weighted by Crippen LogP contribution is 2.14. The molecule has 0 amide bonds. The van der Waals surface area contributed by atoms with E-state index < -0.39 is 0 Å². The third-order valence-electron chi connectivity index (χ3n) is 2.94. The Morgan fingerprint density at radius 2 is 1.83 bits per heavy atom. The summed E-state index contributed by atoms with van der Waals surface area (Å²) in [6, 6.07) is 12.2. The van der Waals surface area contributed by atoms with E-state index in [4.69, 9.17) is 5.73 Å². The maximum atomic E-state index is 6.19. The molecule has 2 aromatic rings. The standard InChI is InChI=1S/C15H19N3/c1-2-6-13-9-14(18-11-17-13)10-15(16)12-7-4-3-5-8-12/h3-5,7-9,11,15H,2,6,10,16H2,1H3. The second-order valence-corrected chi connectivity index (χ2v) is 4.47. The highest BCUT2D eigenvalue weighted by molar-refractivity contribution is 5.21. The minimum atomic E-state index is -0.00410. The van der Waals surface area contributed by atoms with Gasteiger partial charge in [-0.05, 0) is 18.1 Å². The quantitative estimate of drug-likeness (QED) is 0.875. The molecule has 0 spiro atoms. The average Bonchev–Trinajstić information content (AvgIpc) is 2.40. The van der Waals surface area contributed by atoms with Crippen LogP contribution < -0.4 is 5.73 Å². The van der Waals surface area contributed by atoms with Crippen LogP contribution in [0, 0.1) is 0 Å². The summed E-state index contributed by atoms with van der Waals surface area (Å²) < 4.78 is 0. The van der Waals surface area contributed by atoms with Gasteiger partial charge in [0.05, 0.1) is 0 Å². The SMILES string of the molecule is CCCc1cc(CC(N)c2ccccc2)ncn1. The van der Waals surface area contributed by atoms with Gasteiger partial charge in [-0.25, -0.2) is 9.97 Å². The molecule has 0 saturated heterocycles. The molecule has 0 aliphatic heterocycles. The summed E-state index contributed by atoms with van der Waals surface area (Å²) in [4.78, 5) is 8.55. The summed E-state index contributed by atoms with van der Waals surface area (Å²) in [5.41, 5.74) is 9.46. The molecule has 2 rings (SSSR count). The lowest BCUT2D eigenvalue weighted by Gasteiger charge is -2.11. The molecule has 0 saturated carbocycles. The first kappa shape index (κ1) is 12.7. The fraction of sp³-hybridized carbons (Fsp3) is 0.333. The lowest BCUT2D eigenvalue weighted by atomic mass is 10.0. The number of benzene rings is 1. The summed E-state index contributed by atoms with van der Waals surface area (Å²) in [5.74, 6) is 0. The Bertz CT molecular complexity index is 482. The molecule has 1 atom stereocenters. The number of aryl methyl sites for hydroxylation is 1. The second kappa shape index (κ2) is 6.26. The molecule has 0 fully saturated rings. The zero-order valence-electron chi connectivity index (χ0n) is 10.7. The maximum Gasteiger partial charge on any atom is 0.115 e. The van der Waals surface area contributed by atoms with Gasteiger partial charge in [0.1, 0.15) is 6.33 Å². The molecule has 18 heavy (non-hydrogen) atoms. The molecule has 1 aromatic carbocycles. The van der Waals surface area contributed by atoms with Gasteiger partial charge >= 0.3 is 0 Å².